The third-order valence-corrected chi connectivity index (χ3v) is 5.08. The van der Waals surface area contributed by atoms with Gasteiger partial charge in [-0.2, -0.15) is 11.8 Å². The molecule has 0 radical (unpaired) electrons. The zero-order valence-electron chi connectivity index (χ0n) is 15.3. The summed E-state index contributed by atoms with van der Waals surface area (Å²) in [6, 6.07) is 8.57. The number of guanidine groups is 1. The third-order valence-electron chi connectivity index (χ3n) is 3.83. The van der Waals surface area contributed by atoms with Crippen molar-refractivity contribution in [1.29, 1.82) is 0 Å². The minimum atomic E-state index is 0. The summed E-state index contributed by atoms with van der Waals surface area (Å²) in [6.45, 7) is 6.89. The SMILES string of the molecule is CN=C(NCc1cccc(Cn2ccnc2)c1)NCC(C)(C)SC.I. The average molecular weight is 473 g/mol. The zero-order valence-corrected chi connectivity index (χ0v) is 18.5. The van der Waals surface area contributed by atoms with Crippen LogP contribution in [-0.2, 0) is 13.1 Å². The Kier molecular flexibility index (Phi) is 9.34. The Labute approximate surface area is 172 Å². The number of nitrogens with zero attached hydrogens (tertiary/aromatic N) is 3. The Morgan fingerprint density at radius 2 is 2.04 bits per heavy atom. The Morgan fingerprint density at radius 1 is 1.28 bits per heavy atom. The van der Waals surface area contributed by atoms with Gasteiger partial charge in [0.1, 0.15) is 0 Å². The van der Waals surface area contributed by atoms with Crippen LogP contribution in [0.25, 0.3) is 0 Å². The summed E-state index contributed by atoms with van der Waals surface area (Å²) in [5, 5.41) is 6.77. The number of hydrogen-bond acceptors (Lipinski definition) is 3. The summed E-state index contributed by atoms with van der Waals surface area (Å²) >= 11 is 1.84. The largest absolute Gasteiger partial charge is 0.355 e. The van der Waals surface area contributed by atoms with E-state index in [4.69, 9.17) is 0 Å². The molecular formula is C18H28IN5S. The average Bonchev–Trinajstić information content (AvgIpc) is 3.08. The second-order valence-electron chi connectivity index (χ2n) is 6.30. The second-order valence-corrected chi connectivity index (χ2v) is 7.81. The first kappa shape index (κ1) is 21.8. The van der Waals surface area contributed by atoms with Crippen LogP contribution in [0.1, 0.15) is 25.0 Å². The molecular weight excluding hydrogens is 445 g/mol. The summed E-state index contributed by atoms with van der Waals surface area (Å²) in [7, 11) is 1.80. The maximum atomic E-state index is 4.30. The van der Waals surface area contributed by atoms with E-state index in [0.717, 1.165) is 25.6 Å². The quantitative estimate of drug-likeness (QED) is 0.368. The number of thioether (sulfide) groups is 1. The van der Waals surface area contributed by atoms with Gasteiger partial charge in [0.25, 0.3) is 0 Å². The third kappa shape index (κ3) is 7.68. The van der Waals surface area contributed by atoms with Gasteiger partial charge in [0, 0.05) is 43.8 Å². The summed E-state index contributed by atoms with van der Waals surface area (Å²) in [5.41, 5.74) is 2.50. The van der Waals surface area contributed by atoms with Crippen molar-refractivity contribution < 1.29 is 0 Å². The highest BCUT2D eigenvalue weighted by molar-refractivity contribution is 14.0. The fourth-order valence-electron chi connectivity index (χ4n) is 2.20. The summed E-state index contributed by atoms with van der Waals surface area (Å²) < 4.78 is 2.25. The molecule has 5 nitrogen and oxygen atoms in total. The molecule has 25 heavy (non-hydrogen) atoms. The number of halogens is 1. The second kappa shape index (κ2) is 10.7. The van der Waals surface area contributed by atoms with Crippen LogP contribution < -0.4 is 10.6 Å². The fourth-order valence-corrected chi connectivity index (χ4v) is 2.42. The molecule has 1 aromatic heterocycles. The lowest BCUT2D eigenvalue weighted by Gasteiger charge is -2.23. The number of rotatable bonds is 7. The van der Waals surface area contributed by atoms with Crippen molar-refractivity contribution >= 4 is 41.7 Å². The van der Waals surface area contributed by atoms with Crippen LogP contribution in [0.3, 0.4) is 0 Å². The van der Waals surface area contributed by atoms with E-state index in [0.29, 0.717) is 0 Å². The molecule has 0 unspecified atom stereocenters. The number of aliphatic imine (C=N–C) groups is 1. The lowest BCUT2D eigenvalue weighted by atomic mass is 10.1. The maximum Gasteiger partial charge on any atom is 0.191 e. The molecule has 0 saturated carbocycles. The summed E-state index contributed by atoms with van der Waals surface area (Å²) in [4.78, 5) is 8.38. The molecule has 2 rings (SSSR count). The Morgan fingerprint density at radius 3 is 2.68 bits per heavy atom. The molecule has 2 N–H and O–H groups in total. The predicted octanol–water partition coefficient (Wildman–Crippen LogP) is 3.36. The van der Waals surface area contributed by atoms with E-state index in [2.05, 4.69) is 69.5 Å². The van der Waals surface area contributed by atoms with E-state index in [1.807, 2.05) is 24.3 Å². The van der Waals surface area contributed by atoms with Gasteiger partial charge in [-0.3, -0.25) is 4.99 Å². The summed E-state index contributed by atoms with van der Waals surface area (Å²) in [6.07, 6.45) is 7.75. The van der Waals surface area contributed by atoms with Gasteiger partial charge in [-0.1, -0.05) is 24.3 Å². The van der Waals surface area contributed by atoms with E-state index in [-0.39, 0.29) is 28.7 Å². The zero-order chi connectivity index (χ0) is 17.4. The van der Waals surface area contributed by atoms with Crippen LogP contribution in [0.2, 0.25) is 0 Å². The molecule has 2 aromatic rings. The standard InChI is InChI=1S/C18H27N5S.HI/c1-18(2,24-4)13-22-17(19-3)21-11-15-6-5-7-16(10-15)12-23-9-8-20-14-23;/h5-10,14H,11-13H2,1-4H3,(H2,19,21,22);1H. The number of imidazole rings is 1. The molecule has 0 fully saturated rings. The maximum absolute atomic E-state index is 4.30. The van der Waals surface area contributed by atoms with E-state index >= 15 is 0 Å². The molecule has 0 spiro atoms. The van der Waals surface area contributed by atoms with Crippen LogP contribution in [0.15, 0.2) is 48.0 Å². The molecule has 7 heteroatoms. The normalized spacial score (nSPS) is 11.8. The van der Waals surface area contributed by atoms with E-state index in [1.165, 1.54) is 11.1 Å². The van der Waals surface area contributed by atoms with Crippen molar-refractivity contribution in [3.63, 3.8) is 0 Å². The van der Waals surface area contributed by atoms with Gasteiger partial charge in [-0.05, 0) is 31.2 Å². The predicted molar refractivity (Wildman–Crippen MR) is 119 cm³/mol. The molecule has 0 bridgehead atoms. The van der Waals surface area contributed by atoms with E-state index in [9.17, 15) is 0 Å². The van der Waals surface area contributed by atoms with Gasteiger partial charge in [0.2, 0.25) is 0 Å². The number of aromatic nitrogens is 2. The molecule has 0 aliphatic rings. The lowest BCUT2D eigenvalue weighted by molar-refractivity contribution is 0.664. The van der Waals surface area contributed by atoms with Crippen molar-refractivity contribution in [2.75, 3.05) is 19.8 Å². The van der Waals surface area contributed by atoms with E-state index < -0.39 is 0 Å². The first-order valence-corrected chi connectivity index (χ1v) is 9.28. The Hall–Kier alpha value is -1.22. The molecule has 0 atom stereocenters. The highest BCUT2D eigenvalue weighted by atomic mass is 127. The lowest BCUT2D eigenvalue weighted by Crippen LogP contribution is -2.42. The van der Waals surface area contributed by atoms with Crippen molar-refractivity contribution in [3.8, 4) is 0 Å². The molecule has 1 aromatic carbocycles. The highest BCUT2D eigenvalue weighted by Crippen LogP contribution is 2.19. The van der Waals surface area contributed by atoms with Crippen LogP contribution >= 0.6 is 35.7 Å². The van der Waals surface area contributed by atoms with Crippen molar-refractivity contribution in [2.24, 2.45) is 4.99 Å². The topological polar surface area (TPSA) is 54.2 Å². The van der Waals surface area contributed by atoms with Crippen LogP contribution in [0.4, 0.5) is 0 Å². The molecule has 0 aliphatic carbocycles. The van der Waals surface area contributed by atoms with Gasteiger partial charge in [-0.15, -0.1) is 24.0 Å². The van der Waals surface area contributed by atoms with Gasteiger partial charge in [-0.25, -0.2) is 4.98 Å². The van der Waals surface area contributed by atoms with Crippen LogP contribution in [-0.4, -0.2) is 40.1 Å². The highest BCUT2D eigenvalue weighted by Gasteiger charge is 2.15. The molecule has 0 saturated heterocycles. The van der Waals surface area contributed by atoms with Gasteiger partial charge in [0.05, 0.1) is 6.33 Å². The molecule has 1 heterocycles. The van der Waals surface area contributed by atoms with Crippen molar-refractivity contribution in [3.05, 3.63) is 54.1 Å². The Bertz CT molecular complexity index is 655. The first-order chi connectivity index (χ1) is 11.5. The van der Waals surface area contributed by atoms with Crippen molar-refractivity contribution in [2.45, 2.75) is 31.7 Å². The molecule has 0 aliphatic heterocycles. The smallest absolute Gasteiger partial charge is 0.191 e. The van der Waals surface area contributed by atoms with Crippen molar-refractivity contribution in [1.82, 2.24) is 20.2 Å². The van der Waals surface area contributed by atoms with Crippen LogP contribution in [0, 0.1) is 0 Å². The minimum absolute atomic E-state index is 0. The molecule has 138 valence electrons. The first-order valence-electron chi connectivity index (χ1n) is 8.05. The summed E-state index contributed by atoms with van der Waals surface area (Å²) in [5.74, 6) is 0.831. The number of hydrogen-bond donors (Lipinski definition) is 2. The van der Waals surface area contributed by atoms with Gasteiger partial charge in [0.15, 0.2) is 5.96 Å². The number of nitrogens with one attached hydrogen (secondary N) is 2. The minimum Gasteiger partial charge on any atom is -0.355 e. The van der Waals surface area contributed by atoms with E-state index in [1.54, 1.807) is 13.2 Å². The van der Waals surface area contributed by atoms with Crippen LogP contribution in [0.5, 0.6) is 0 Å². The number of benzene rings is 1. The fraction of sp³-hybridized carbons (Fsp3) is 0.444. The molecule has 0 amide bonds. The Balaban J connectivity index is 0.00000312. The monoisotopic (exact) mass is 473 g/mol. The van der Waals surface area contributed by atoms with Gasteiger partial charge >= 0.3 is 0 Å². The van der Waals surface area contributed by atoms with Gasteiger partial charge < -0.3 is 15.2 Å².